The van der Waals surface area contributed by atoms with Crippen LogP contribution in [0.25, 0.3) is 10.9 Å². The van der Waals surface area contributed by atoms with Crippen LogP contribution in [0.15, 0.2) is 36.8 Å². The maximum absolute atomic E-state index is 12.3. The lowest BCUT2D eigenvalue weighted by atomic mass is 9.95. The van der Waals surface area contributed by atoms with E-state index in [1.54, 1.807) is 4.90 Å². The summed E-state index contributed by atoms with van der Waals surface area (Å²) >= 11 is 0. The number of pyridine rings is 2. The van der Waals surface area contributed by atoms with Crippen molar-refractivity contribution in [1.82, 2.24) is 19.4 Å². The fourth-order valence-corrected chi connectivity index (χ4v) is 3.41. The molecule has 0 fully saturated rings. The Morgan fingerprint density at radius 1 is 1.19 bits per heavy atom. The van der Waals surface area contributed by atoms with Crippen molar-refractivity contribution in [2.75, 3.05) is 13.6 Å². The van der Waals surface area contributed by atoms with E-state index in [0.717, 1.165) is 28.7 Å². The monoisotopic (exact) mass is 364 g/mol. The number of carbonyl (C=O) groups is 1. The molecule has 0 saturated heterocycles. The van der Waals surface area contributed by atoms with Crippen LogP contribution in [-0.4, -0.2) is 38.9 Å². The number of nitrogens with zero attached hydrogens (tertiary/aromatic N) is 4. The van der Waals surface area contributed by atoms with E-state index in [0.29, 0.717) is 19.0 Å². The molecule has 1 amide bonds. The molecule has 0 aliphatic rings. The van der Waals surface area contributed by atoms with Crippen molar-refractivity contribution in [1.29, 1.82) is 0 Å². The van der Waals surface area contributed by atoms with E-state index in [-0.39, 0.29) is 5.91 Å². The predicted octanol–water partition coefficient (Wildman–Crippen LogP) is 3.93. The van der Waals surface area contributed by atoms with Gasteiger partial charge >= 0.3 is 0 Å². The second kappa shape index (κ2) is 7.91. The number of hydrogen-bond donors (Lipinski definition) is 0. The molecule has 3 rings (SSSR count). The zero-order valence-corrected chi connectivity index (χ0v) is 16.9. The minimum absolute atomic E-state index is 0.110. The predicted molar refractivity (Wildman–Crippen MR) is 109 cm³/mol. The molecule has 0 atom stereocenters. The van der Waals surface area contributed by atoms with Crippen LogP contribution in [0, 0.1) is 6.92 Å². The molecule has 0 unspecified atom stereocenters. The van der Waals surface area contributed by atoms with Crippen molar-refractivity contribution in [2.45, 2.75) is 46.6 Å². The standard InChI is InChI=1S/C22H28N4O/c1-6-25(5)21(27)14-26-12-9-17-19(23-11-8-20(17)26)13-18-16(4)7-10-24-22(18)15(2)3/h7-12,15H,6,13-14H2,1-5H3. The summed E-state index contributed by atoms with van der Waals surface area (Å²) in [7, 11) is 1.83. The Bertz CT molecular complexity index is 958. The zero-order chi connectivity index (χ0) is 19.6. The van der Waals surface area contributed by atoms with Gasteiger partial charge in [-0.1, -0.05) is 13.8 Å². The first-order valence-corrected chi connectivity index (χ1v) is 9.53. The van der Waals surface area contributed by atoms with Gasteiger partial charge in [0.2, 0.25) is 5.91 Å². The van der Waals surface area contributed by atoms with Gasteiger partial charge in [0.05, 0.1) is 11.2 Å². The number of carbonyl (C=O) groups excluding carboxylic acids is 1. The Kier molecular flexibility index (Phi) is 5.59. The highest BCUT2D eigenvalue weighted by Gasteiger charge is 2.16. The van der Waals surface area contributed by atoms with Crippen LogP contribution < -0.4 is 0 Å². The summed E-state index contributed by atoms with van der Waals surface area (Å²) in [6, 6.07) is 6.11. The van der Waals surface area contributed by atoms with E-state index in [2.05, 4.69) is 42.9 Å². The molecule has 5 nitrogen and oxygen atoms in total. The summed E-state index contributed by atoms with van der Waals surface area (Å²) in [5.41, 5.74) is 5.70. The third-order valence-corrected chi connectivity index (χ3v) is 5.20. The summed E-state index contributed by atoms with van der Waals surface area (Å²) < 4.78 is 2.01. The fourth-order valence-electron chi connectivity index (χ4n) is 3.41. The molecule has 0 radical (unpaired) electrons. The van der Waals surface area contributed by atoms with E-state index in [4.69, 9.17) is 0 Å². The molecular weight excluding hydrogens is 336 g/mol. The molecule has 0 aromatic carbocycles. The molecule has 0 aliphatic carbocycles. The van der Waals surface area contributed by atoms with Crippen LogP contribution >= 0.6 is 0 Å². The minimum Gasteiger partial charge on any atom is -0.344 e. The van der Waals surface area contributed by atoms with Crippen molar-refractivity contribution < 1.29 is 4.79 Å². The lowest BCUT2D eigenvalue weighted by Gasteiger charge is -2.16. The first-order chi connectivity index (χ1) is 12.9. The molecule has 3 aromatic rings. The lowest BCUT2D eigenvalue weighted by molar-refractivity contribution is -0.130. The van der Waals surface area contributed by atoms with Crippen molar-refractivity contribution in [3.05, 3.63) is 59.3 Å². The number of aromatic nitrogens is 3. The SMILES string of the molecule is CCN(C)C(=O)Cn1ccc2c(Cc3c(C)ccnc3C(C)C)nccc21. The van der Waals surface area contributed by atoms with Crippen molar-refractivity contribution in [3.63, 3.8) is 0 Å². The minimum atomic E-state index is 0.110. The van der Waals surface area contributed by atoms with E-state index in [1.165, 1.54) is 11.1 Å². The fraction of sp³-hybridized carbons (Fsp3) is 0.409. The highest BCUT2D eigenvalue weighted by Crippen LogP contribution is 2.26. The number of hydrogen-bond acceptors (Lipinski definition) is 3. The summed E-state index contributed by atoms with van der Waals surface area (Å²) in [4.78, 5) is 23.3. The van der Waals surface area contributed by atoms with Crippen LogP contribution in [0.1, 0.15) is 49.2 Å². The van der Waals surface area contributed by atoms with Gasteiger partial charge < -0.3 is 9.47 Å². The van der Waals surface area contributed by atoms with E-state index in [9.17, 15) is 4.79 Å². The van der Waals surface area contributed by atoms with Gasteiger partial charge in [-0.15, -0.1) is 0 Å². The molecule has 5 heteroatoms. The molecule has 0 saturated carbocycles. The van der Waals surface area contributed by atoms with E-state index >= 15 is 0 Å². The Hall–Kier alpha value is -2.69. The molecule has 3 heterocycles. The van der Waals surface area contributed by atoms with Crippen LogP contribution in [-0.2, 0) is 17.8 Å². The number of rotatable bonds is 6. The molecule has 0 aliphatic heterocycles. The van der Waals surface area contributed by atoms with Gasteiger partial charge in [0.25, 0.3) is 0 Å². The zero-order valence-electron chi connectivity index (χ0n) is 16.9. The van der Waals surface area contributed by atoms with Gasteiger partial charge in [0, 0.05) is 49.7 Å². The van der Waals surface area contributed by atoms with Gasteiger partial charge in [-0.2, -0.15) is 0 Å². The van der Waals surface area contributed by atoms with E-state index < -0.39 is 0 Å². The first-order valence-electron chi connectivity index (χ1n) is 9.53. The highest BCUT2D eigenvalue weighted by atomic mass is 16.2. The number of amides is 1. The molecule has 0 N–H and O–H groups in total. The second-order valence-electron chi connectivity index (χ2n) is 7.37. The van der Waals surface area contributed by atoms with Crippen LogP contribution in [0.4, 0.5) is 0 Å². The summed E-state index contributed by atoms with van der Waals surface area (Å²) in [6.45, 7) is 9.52. The average Bonchev–Trinajstić information content (AvgIpc) is 3.06. The Morgan fingerprint density at radius 3 is 2.63 bits per heavy atom. The van der Waals surface area contributed by atoms with Crippen LogP contribution in [0.2, 0.25) is 0 Å². The smallest absolute Gasteiger partial charge is 0.242 e. The summed E-state index contributed by atoms with van der Waals surface area (Å²) in [5.74, 6) is 0.476. The van der Waals surface area contributed by atoms with Gasteiger partial charge in [0.15, 0.2) is 0 Å². The topological polar surface area (TPSA) is 51.0 Å². The van der Waals surface area contributed by atoms with E-state index in [1.807, 2.05) is 43.2 Å². The molecule has 3 aromatic heterocycles. The molecular formula is C22H28N4O. The van der Waals surface area contributed by atoms with Gasteiger partial charge in [-0.3, -0.25) is 14.8 Å². The Labute approximate surface area is 161 Å². The third-order valence-electron chi connectivity index (χ3n) is 5.20. The normalized spacial score (nSPS) is 11.3. The second-order valence-corrected chi connectivity index (χ2v) is 7.37. The van der Waals surface area contributed by atoms with Crippen molar-refractivity contribution in [2.24, 2.45) is 0 Å². The molecule has 142 valence electrons. The number of likely N-dealkylation sites (N-methyl/N-ethyl adjacent to an activating group) is 1. The van der Waals surface area contributed by atoms with Gasteiger partial charge in [0.1, 0.15) is 6.54 Å². The Morgan fingerprint density at radius 2 is 1.93 bits per heavy atom. The van der Waals surface area contributed by atoms with Crippen LogP contribution in [0.5, 0.6) is 0 Å². The average molecular weight is 364 g/mol. The largest absolute Gasteiger partial charge is 0.344 e. The molecule has 0 spiro atoms. The molecule has 27 heavy (non-hydrogen) atoms. The maximum atomic E-state index is 12.3. The number of fused-ring (bicyclic) bond motifs is 1. The van der Waals surface area contributed by atoms with Crippen molar-refractivity contribution >= 4 is 16.8 Å². The maximum Gasteiger partial charge on any atom is 0.242 e. The van der Waals surface area contributed by atoms with Crippen molar-refractivity contribution in [3.8, 4) is 0 Å². The number of aryl methyl sites for hydroxylation is 1. The summed E-state index contributed by atoms with van der Waals surface area (Å²) in [5, 5.41) is 1.10. The van der Waals surface area contributed by atoms with Crippen LogP contribution in [0.3, 0.4) is 0 Å². The van der Waals surface area contributed by atoms with Gasteiger partial charge in [-0.25, -0.2) is 0 Å². The lowest BCUT2D eigenvalue weighted by Crippen LogP contribution is -2.29. The third kappa shape index (κ3) is 3.87. The first kappa shape index (κ1) is 19.1. The quantitative estimate of drug-likeness (QED) is 0.666. The summed E-state index contributed by atoms with van der Waals surface area (Å²) in [6.07, 6.45) is 6.45. The molecule has 0 bridgehead atoms. The highest BCUT2D eigenvalue weighted by molar-refractivity contribution is 5.85. The van der Waals surface area contributed by atoms with Gasteiger partial charge in [-0.05, 0) is 49.1 Å². The Balaban J connectivity index is 1.97.